The minimum atomic E-state index is -0.595. The molecule has 0 unspecified atom stereocenters. The van der Waals surface area contributed by atoms with Gasteiger partial charge in [0.1, 0.15) is 5.69 Å². The van der Waals surface area contributed by atoms with Gasteiger partial charge in [-0.15, -0.1) is 0 Å². The SMILES string of the molecule is Cc1ccccc1-c1noc(COC(=O)c2cc(-c3ccco3)nc3onc(C)c23)n1. The molecule has 154 valence electrons. The van der Waals surface area contributed by atoms with Crippen LogP contribution >= 0.6 is 0 Å². The van der Waals surface area contributed by atoms with Crippen LogP contribution in [-0.2, 0) is 11.3 Å². The first-order valence-corrected chi connectivity index (χ1v) is 9.47. The third-order valence-corrected chi connectivity index (χ3v) is 4.79. The normalized spacial score (nSPS) is 11.2. The van der Waals surface area contributed by atoms with Crippen LogP contribution in [0, 0.1) is 13.8 Å². The average Bonchev–Trinajstić information content (AvgIpc) is 3.53. The Morgan fingerprint density at radius 3 is 2.71 bits per heavy atom. The number of hydrogen-bond acceptors (Lipinski definition) is 9. The number of nitrogens with zero attached hydrogens (tertiary/aromatic N) is 4. The quantitative estimate of drug-likeness (QED) is 0.381. The van der Waals surface area contributed by atoms with Crippen LogP contribution in [0.25, 0.3) is 33.9 Å². The number of esters is 1. The van der Waals surface area contributed by atoms with Crippen molar-refractivity contribution in [2.75, 3.05) is 0 Å². The third kappa shape index (κ3) is 3.46. The number of aryl methyl sites for hydroxylation is 2. The summed E-state index contributed by atoms with van der Waals surface area (Å²) in [4.78, 5) is 21.6. The molecule has 31 heavy (non-hydrogen) atoms. The summed E-state index contributed by atoms with van der Waals surface area (Å²) in [5.41, 5.74) is 3.30. The number of carbonyl (C=O) groups excluding carboxylic acids is 1. The molecular weight excluding hydrogens is 400 g/mol. The maximum Gasteiger partial charge on any atom is 0.339 e. The second kappa shape index (κ2) is 7.52. The second-order valence-corrected chi connectivity index (χ2v) is 6.88. The fourth-order valence-corrected chi connectivity index (χ4v) is 3.26. The molecule has 4 aromatic heterocycles. The van der Waals surface area contributed by atoms with Gasteiger partial charge in [0.15, 0.2) is 12.4 Å². The number of furan rings is 1. The summed E-state index contributed by atoms with van der Waals surface area (Å²) in [6.45, 7) is 3.50. The molecule has 0 N–H and O–H groups in total. The Morgan fingerprint density at radius 1 is 1.03 bits per heavy atom. The van der Waals surface area contributed by atoms with Crippen molar-refractivity contribution in [1.82, 2.24) is 20.3 Å². The van der Waals surface area contributed by atoms with Gasteiger partial charge in [0.2, 0.25) is 5.82 Å². The zero-order chi connectivity index (χ0) is 21.4. The first-order valence-electron chi connectivity index (χ1n) is 9.47. The average molecular weight is 416 g/mol. The van der Waals surface area contributed by atoms with Crippen LogP contribution in [-0.4, -0.2) is 26.3 Å². The Hall–Kier alpha value is -4.27. The first-order chi connectivity index (χ1) is 15.1. The van der Waals surface area contributed by atoms with Crippen LogP contribution in [0.4, 0.5) is 0 Å². The summed E-state index contributed by atoms with van der Waals surface area (Å²) >= 11 is 0. The smallest absolute Gasteiger partial charge is 0.339 e. The van der Waals surface area contributed by atoms with Crippen molar-refractivity contribution < 1.29 is 23.0 Å². The maximum absolute atomic E-state index is 12.9. The van der Waals surface area contributed by atoms with Crippen LogP contribution in [0.5, 0.6) is 0 Å². The topological polar surface area (TPSA) is 117 Å². The molecule has 5 aromatic rings. The summed E-state index contributed by atoms with van der Waals surface area (Å²) in [5.74, 6) is 0.516. The van der Waals surface area contributed by atoms with Crippen LogP contribution in [0.3, 0.4) is 0 Å². The highest BCUT2D eigenvalue weighted by atomic mass is 16.6. The highest BCUT2D eigenvalue weighted by molar-refractivity contribution is 6.04. The highest BCUT2D eigenvalue weighted by Gasteiger charge is 2.22. The van der Waals surface area contributed by atoms with Gasteiger partial charge in [-0.05, 0) is 37.6 Å². The molecule has 0 fully saturated rings. The van der Waals surface area contributed by atoms with E-state index in [0.717, 1.165) is 11.1 Å². The molecule has 9 heteroatoms. The Kier molecular flexibility index (Phi) is 4.55. The predicted molar refractivity (Wildman–Crippen MR) is 108 cm³/mol. The fourth-order valence-electron chi connectivity index (χ4n) is 3.26. The number of fused-ring (bicyclic) bond motifs is 1. The Labute approximate surface area is 175 Å². The molecule has 0 atom stereocenters. The molecule has 0 saturated carbocycles. The lowest BCUT2D eigenvalue weighted by Gasteiger charge is -2.05. The lowest BCUT2D eigenvalue weighted by atomic mass is 10.1. The van der Waals surface area contributed by atoms with Gasteiger partial charge < -0.3 is 18.2 Å². The molecule has 0 aliphatic carbocycles. The largest absolute Gasteiger partial charge is 0.463 e. The maximum atomic E-state index is 12.9. The second-order valence-electron chi connectivity index (χ2n) is 6.88. The number of rotatable bonds is 5. The standard InChI is InChI=1S/C22H16N4O5/c1-12-6-3-4-7-14(12)20-24-18(30-26-20)11-29-22(27)15-10-16(17-8-5-9-28-17)23-21-19(15)13(2)25-31-21/h3-10H,11H2,1-2H3. The van der Waals surface area contributed by atoms with E-state index in [9.17, 15) is 4.79 Å². The van der Waals surface area contributed by atoms with Crippen molar-refractivity contribution in [2.24, 2.45) is 0 Å². The van der Waals surface area contributed by atoms with Crippen molar-refractivity contribution in [3.63, 3.8) is 0 Å². The van der Waals surface area contributed by atoms with Crippen molar-refractivity contribution in [2.45, 2.75) is 20.5 Å². The Morgan fingerprint density at radius 2 is 1.90 bits per heavy atom. The molecule has 0 aliphatic rings. The summed E-state index contributed by atoms with van der Waals surface area (Å²) in [6.07, 6.45) is 1.52. The fraction of sp³-hybridized carbons (Fsp3) is 0.136. The number of benzene rings is 1. The van der Waals surface area contributed by atoms with Crippen LogP contribution < -0.4 is 0 Å². The third-order valence-electron chi connectivity index (χ3n) is 4.79. The molecule has 0 radical (unpaired) electrons. The molecule has 0 aliphatic heterocycles. The summed E-state index contributed by atoms with van der Waals surface area (Å²) in [7, 11) is 0. The number of carbonyl (C=O) groups is 1. The monoisotopic (exact) mass is 416 g/mol. The molecule has 0 spiro atoms. The number of ether oxygens (including phenoxy) is 1. The van der Waals surface area contributed by atoms with Gasteiger partial charge in [-0.1, -0.05) is 34.6 Å². The van der Waals surface area contributed by atoms with E-state index in [1.165, 1.54) is 6.26 Å². The zero-order valence-corrected chi connectivity index (χ0v) is 16.7. The Balaban J connectivity index is 1.41. The number of pyridine rings is 1. The summed E-state index contributed by atoms with van der Waals surface area (Å²) < 4.78 is 21.3. The number of aromatic nitrogens is 4. The minimum Gasteiger partial charge on any atom is -0.463 e. The van der Waals surface area contributed by atoms with E-state index in [4.69, 9.17) is 18.2 Å². The first kappa shape index (κ1) is 18.7. The van der Waals surface area contributed by atoms with Crippen LogP contribution in [0.15, 0.2) is 62.2 Å². The van der Waals surface area contributed by atoms with Crippen molar-refractivity contribution in [3.05, 3.63) is 71.4 Å². The van der Waals surface area contributed by atoms with Gasteiger partial charge in [-0.3, -0.25) is 0 Å². The van der Waals surface area contributed by atoms with Crippen molar-refractivity contribution in [1.29, 1.82) is 0 Å². The van der Waals surface area contributed by atoms with Gasteiger partial charge >= 0.3 is 5.97 Å². The zero-order valence-electron chi connectivity index (χ0n) is 16.7. The van der Waals surface area contributed by atoms with Gasteiger partial charge in [-0.25, -0.2) is 9.78 Å². The molecular formula is C22H16N4O5. The molecule has 9 nitrogen and oxygen atoms in total. The van der Waals surface area contributed by atoms with Gasteiger partial charge in [0.05, 0.1) is 22.9 Å². The van der Waals surface area contributed by atoms with Crippen LogP contribution in [0.2, 0.25) is 0 Å². The lowest BCUT2D eigenvalue weighted by Crippen LogP contribution is -2.07. The van der Waals surface area contributed by atoms with Crippen LogP contribution in [0.1, 0.15) is 27.5 Å². The molecule has 0 amide bonds. The lowest BCUT2D eigenvalue weighted by molar-refractivity contribution is 0.0432. The minimum absolute atomic E-state index is 0.179. The predicted octanol–water partition coefficient (Wildman–Crippen LogP) is 4.51. The Bertz CT molecular complexity index is 1380. The molecule has 0 saturated heterocycles. The van der Waals surface area contributed by atoms with Gasteiger partial charge in [0, 0.05) is 5.56 Å². The highest BCUT2D eigenvalue weighted by Crippen LogP contribution is 2.28. The summed E-state index contributed by atoms with van der Waals surface area (Å²) in [6, 6.07) is 12.7. The van der Waals surface area contributed by atoms with Crippen molar-refractivity contribution in [3.8, 4) is 22.8 Å². The number of hydrogen-bond donors (Lipinski definition) is 0. The van der Waals surface area contributed by atoms with E-state index < -0.39 is 5.97 Å². The molecule has 4 heterocycles. The van der Waals surface area contributed by atoms with E-state index in [2.05, 4.69) is 20.3 Å². The van der Waals surface area contributed by atoms with E-state index in [0.29, 0.717) is 28.4 Å². The molecule has 0 bridgehead atoms. The van der Waals surface area contributed by atoms with E-state index in [1.54, 1.807) is 25.1 Å². The van der Waals surface area contributed by atoms with Gasteiger partial charge in [-0.2, -0.15) is 4.98 Å². The molecule has 1 aromatic carbocycles. The van der Waals surface area contributed by atoms with E-state index >= 15 is 0 Å². The molecule has 5 rings (SSSR count). The van der Waals surface area contributed by atoms with E-state index in [-0.39, 0.29) is 23.8 Å². The summed E-state index contributed by atoms with van der Waals surface area (Å²) in [5, 5.41) is 8.36. The van der Waals surface area contributed by atoms with Gasteiger partial charge in [0.25, 0.3) is 11.6 Å². The van der Waals surface area contributed by atoms with Crippen molar-refractivity contribution >= 4 is 17.1 Å². The van der Waals surface area contributed by atoms with E-state index in [1.807, 2.05) is 31.2 Å².